The molecule has 1 aliphatic heterocycles. The van der Waals surface area contributed by atoms with Gasteiger partial charge in [-0.3, -0.25) is 9.59 Å². The Morgan fingerprint density at radius 3 is 2.44 bits per heavy atom. The smallest absolute Gasteiger partial charge is 0.258 e. The van der Waals surface area contributed by atoms with Gasteiger partial charge in [0.25, 0.3) is 11.8 Å². The number of likely N-dealkylation sites (tertiary alicyclic amines) is 1. The Morgan fingerprint density at radius 2 is 1.89 bits per heavy atom. The first kappa shape index (κ1) is 21.0. The topological polar surface area (TPSA) is 93.9 Å². The third kappa shape index (κ3) is 5.85. The number of carbonyl (C=O) groups excluding carboxylic acids is 2. The monoisotopic (exact) mass is 377 g/mol. The van der Waals surface area contributed by atoms with Crippen LogP contribution in [-0.2, 0) is 4.79 Å². The molecule has 0 aliphatic carbocycles. The Bertz CT molecular complexity index is 653. The lowest BCUT2D eigenvalue weighted by Gasteiger charge is -2.33. The fraction of sp³-hybridized carbons (Fsp3) is 0.600. The van der Waals surface area contributed by atoms with Crippen LogP contribution in [-0.4, -0.2) is 55.6 Å². The molecule has 1 unspecified atom stereocenters. The molecule has 1 fully saturated rings. The average Bonchev–Trinajstić information content (AvgIpc) is 2.65. The molecule has 1 heterocycles. The van der Waals surface area contributed by atoms with Crippen LogP contribution in [0.3, 0.4) is 0 Å². The van der Waals surface area contributed by atoms with E-state index in [0.29, 0.717) is 36.1 Å². The first-order valence-corrected chi connectivity index (χ1v) is 9.46. The van der Waals surface area contributed by atoms with Crippen molar-refractivity contribution in [3.63, 3.8) is 0 Å². The van der Waals surface area contributed by atoms with Crippen LogP contribution in [0.1, 0.15) is 44.0 Å². The lowest BCUT2D eigenvalue weighted by molar-refractivity contribution is -0.123. The summed E-state index contributed by atoms with van der Waals surface area (Å²) in [4.78, 5) is 26.4. The van der Waals surface area contributed by atoms with E-state index in [2.05, 4.69) is 5.32 Å². The molecule has 27 heavy (non-hydrogen) atoms. The predicted octanol–water partition coefficient (Wildman–Crippen LogP) is 1.80. The number of benzene rings is 1. The second-order valence-electron chi connectivity index (χ2n) is 7.37. The highest BCUT2D eigenvalue weighted by Crippen LogP contribution is 2.29. The van der Waals surface area contributed by atoms with Gasteiger partial charge in [-0.15, -0.1) is 0 Å². The molecule has 1 aromatic carbocycles. The summed E-state index contributed by atoms with van der Waals surface area (Å²) in [5.74, 6) is 1.10. The van der Waals surface area contributed by atoms with Crippen LogP contribution >= 0.6 is 0 Å². The van der Waals surface area contributed by atoms with Crippen LogP contribution in [0, 0.1) is 5.92 Å². The zero-order chi connectivity index (χ0) is 20.0. The number of rotatable bonds is 7. The Balaban J connectivity index is 2.00. The number of methoxy groups -OCH3 is 1. The highest BCUT2D eigenvalue weighted by Gasteiger charge is 2.26. The van der Waals surface area contributed by atoms with E-state index in [9.17, 15) is 9.59 Å². The maximum absolute atomic E-state index is 12.8. The molecule has 0 spiro atoms. The van der Waals surface area contributed by atoms with Crippen molar-refractivity contribution >= 4 is 11.8 Å². The van der Waals surface area contributed by atoms with E-state index in [1.807, 2.05) is 25.7 Å². The Labute approximate surface area is 161 Å². The molecule has 1 atom stereocenters. The van der Waals surface area contributed by atoms with E-state index in [-0.39, 0.29) is 30.5 Å². The number of hydrogen-bond donors (Lipinski definition) is 2. The molecular formula is C20H31N3O4. The summed E-state index contributed by atoms with van der Waals surface area (Å²) in [6.07, 6.45) is 1.85. The molecule has 2 rings (SSSR count). The summed E-state index contributed by atoms with van der Waals surface area (Å²) >= 11 is 0. The molecule has 150 valence electrons. The molecule has 1 aliphatic rings. The Hall–Kier alpha value is -2.28. The highest BCUT2D eigenvalue weighted by atomic mass is 16.5. The minimum Gasteiger partial charge on any atom is -0.493 e. The van der Waals surface area contributed by atoms with Gasteiger partial charge in [-0.1, -0.05) is 0 Å². The zero-order valence-corrected chi connectivity index (χ0v) is 16.7. The minimum absolute atomic E-state index is 0.0273. The minimum atomic E-state index is -0.204. The molecule has 1 saturated heterocycles. The Morgan fingerprint density at radius 1 is 1.22 bits per heavy atom. The molecule has 1 aromatic rings. The summed E-state index contributed by atoms with van der Waals surface area (Å²) in [6.45, 7) is 7.10. The number of ether oxygens (including phenoxy) is 2. The van der Waals surface area contributed by atoms with E-state index < -0.39 is 0 Å². The number of nitrogens with zero attached hydrogens (tertiary/aromatic N) is 1. The maximum Gasteiger partial charge on any atom is 0.258 e. The second-order valence-corrected chi connectivity index (χ2v) is 7.37. The van der Waals surface area contributed by atoms with Crippen LogP contribution in [0.4, 0.5) is 0 Å². The third-order valence-corrected chi connectivity index (χ3v) is 4.79. The van der Waals surface area contributed by atoms with Gasteiger partial charge < -0.3 is 25.4 Å². The van der Waals surface area contributed by atoms with Crippen molar-refractivity contribution in [3.05, 3.63) is 23.8 Å². The van der Waals surface area contributed by atoms with E-state index in [0.717, 1.165) is 12.8 Å². The van der Waals surface area contributed by atoms with E-state index >= 15 is 0 Å². The maximum atomic E-state index is 12.8. The van der Waals surface area contributed by atoms with Crippen molar-refractivity contribution in [1.82, 2.24) is 10.2 Å². The molecule has 0 aromatic heterocycles. The fourth-order valence-corrected chi connectivity index (χ4v) is 3.24. The van der Waals surface area contributed by atoms with Gasteiger partial charge >= 0.3 is 0 Å². The quantitative estimate of drug-likeness (QED) is 0.756. The number of carbonyl (C=O) groups is 2. The van der Waals surface area contributed by atoms with Crippen molar-refractivity contribution in [2.75, 3.05) is 26.8 Å². The van der Waals surface area contributed by atoms with Crippen molar-refractivity contribution in [1.29, 1.82) is 0 Å². The Kier molecular flexibility index (Phi) is 7.47. The van der Waals surface area contributed by atoms with Crippen LogP contribution < -0.4 is 20.5 Å². The summed E-state index contributed by atoms with van der Waals surface area (Å²) in [5, 5.41) is 2.76. The number of amides is 2. The van der Waals surface area contributed by atoms with Gasteiger partial charge in [0.1, 0.15) is 0 Å². The molecular weight excluding hydrogens is 346 g/mol. The normalized spacial score (nSPS) is 16.1. The van der Waals surface area contributed by atoms with Gasteiger partial charge in [-0.05, 0) is 57.7 Å². The first-order chi connectivity index (χ1) is 12.8. The first-order valence-electron chi connectivity index (χ1n) is 9.46. The highest BCUT2D eigenvalue weighted by molar-refractivity contribution is 5.95. The fourth-order valence-electron chi connectivity index (χ4n) is 3.24. The summed E-state index contributed by atoms with van der Waals surface area (Å²) in [7, 11) is 1.51. The molecule has 7 heteroatoms. The lowest BCUT2D eigenvalue weighted by atomic mass is 9.90. The van der Waals surface area contributed by atoms with Gasteiger partial charge in [-0.2, -0.15) is 0 Å². The van der Waals surface area contributed by atoms with Gasteiger partial charge in [-0.25, -0.2) is 0 Å². The molecule has 3 N–H and O–H groups in total. The van der Waals surface area contributed by atoms with Gasteiger partial charge in [0.15, 0.2) is 18.1 Å². The van der Waals surface area contributed by atoms with Gasteiger partial charge in [0.2, 0.25) is 0 Å². The van der Waals surface area contributed by atoms with E-state index in [4.69, 9.17) is 15.2 Å². The largest absolute Gasteiger partial charge is 0.493 e. The number of nitrogens with one attached hydrogen (secondary N) is 1. The van der Waals surface area contributed by atoms with Crippen molar-refractivity contribution < 1.29 is 19.1 Å². The van der Waals surface area contributed by atoms with E-state index in [1.165, 1.54) is 7.11 Å². The van der Waals surface area contributed by atoms with Crippen LogP contribution in [0.25, 0.3) is 0 Å². The SMILES string of the molecule is COc1cc(C(=O)N2CCC(C(C)N)CC2)ccc1OCC(=O)NC(C)C. The number of piperidine rings is 1. The van der Waals surface area contributed by atoms with Crippen LogP contribution in [0.2, 0.25) is 0 Å². The summed E-state index contributed by atoms with van der Waals surface area (Å²) in [6, 6.07) is 5.25. The standard InChI is InChI=1S/C20H31N3O4/c1-13(2)22-19(24)12-27-17-6-5-16(11-18(17)26-4)20(25)23-9-7-15(8-10-23)14(3)21/h5-6,11,13-15H,7-10,12,21H2,1-4H3,(H,22,24). The zero-order valence-electron chi connectivity index (χ0n) is 16.7. The third-order valence-electron chi connectivity index (χ3n) is 4.79. The van der Waals surface area contributed by atoms with Crippen LogP contribution in [0.15, 0.2) is 18.2 Å². The average molecular weight is 377 g/mol. The van der Waals surface area contributed by atoms with E-state index in [1.54, 1.807) is 18.2 Å². The molecule has 0 bridgehead atoms. The van der Waals surface area contributed by atoms with Crippen molar-refractivity contribution in [3.8, 4) is 11.5 Å². The molecule has 0 radical (unpaired) electrons. The lowest BCUT2D eigenvalue weighted by Crippen LogP contribution is -2.42. The summed E-state index contributed by atoms with van der Waals surface area (Å²) < 4.78 is 10.9. The summed E-state index contributed by atoms with van der Waals surface area (Å²) in [5.41, 5.74) is 6.51. The van der Waals surface area contributed by atoms with Crippen LogP contribution in [0.5, 0.6) is 11.5 Å². The number of hydrogen-bond acceptors (Lipinski definition) is 5. The number of nitrogens with two attached hydrogens (primary N) is 1. The molecule has 0 saturated carbocycles. The predicted molar refractivity (Wildman–Crippen MR) is 104 cm³/mol. The molecule has 2 amide bonds. The van der Waals surface area contributed by atoms with Gasteiger partial charge in [0.05, 0.1) is 7.11 Å². The second kappa shape index (κ2) is 9.60. The van der Waals surface area contributed by atoms with Crippen molar-refractivity contribution in [2.24, 2.45) is 11.7 Å². The van der Waals surface area contributed by atoms with Gasteiger partial charge in [0, 0.05) is 30.7 Å². The van der Waals surface area contributed by atoms with Crippen molar-refractivity contribution in [2.45, 2.75) is 45.7 Å². The molecule has 7 nitrogen and oxygen atoms in total.